The lowest BCUT2D eigenvalue weighted by Gasteiger charge is -2.14. The Morgan fingerprint density at radius 3 is 2.24 bits per heavy atom. The SMILES string of the molecule is COc1cccc(OC)c1Oc1ccc(CBr)cc1C#N. The van der Waals surface area contributed by atoms with Crippen molar-refractivity contribution in [2.24, 2.45) is 0 Å². The van der Waals surface area contributed by atoms with E-state index in [0.29, 0.717) is 33.9 Å². The smallest absolute Gasteiger partial charge is 0.211 e. The lowest BCUT2D eigenvalue weighted by Crippen LogP contribution is -1.96. The highest BCUT2D eigenvalue weighted by atomic mass is 79.9. The van der Waals surface area contributed by atoms with Gasteiger partial charge in [-0.1, -0.05) is 28.1 Å². The van der Waals surface area contributed by atoms with Crippen molar-refractivity contribution >= 4 is 15.9 Å². The summed E-state index contributed by atoms with van der Waals surface area (Å²) in [5.41, 5.74) is 1.46. The highest BCUT2D eigenvalue weighted by Crippen LogP contribution is 2.40. The average molecular weight is 348 g/mol. The number of hydrogen-bond donors (Lipinski definition) is 0. The quantitative estimate of drug-likeness (QED) is 0.758. The zero-order chi connectivity index (χ0) is 15.2. The van der Waals surface area contributed by atoms with Gasteiger partial charge < -0.3 is 14.2 Å². The van der Waals surface area contributed by atoms with E-state index in [1.54, 1.807) is 38.5 Å². The van der Waals surface area contributed by atoms with E-state index in [1.165, 1.54) is 0 Å². The molecule has 2 aromatic carbocycles. The van der Waals surface area contributed by atoms with Crippen LogP contribution in [-0.2, 0) is 5.33 Å². The molecule has 0 aromatic heterocycles. The molecule has 5 heteroatoms. The molecular formula is C16H14BrNO3. The van der Waals surface area contributed by atoms with Crippen molar-refractivity contribution in [2.75, 3.05) is 14.2 Å². The Balaban J connectivity index is 2.45. The molecule has 0 saturated heterocycles. The summed E-state index contributed by atoms with van der Waals surface area (Å²) >= 11 is 3.37. The van der Waals surface area contributed by atoms with Gasteiger partial charge in [0.2, 0.25) is 5.75 Å². The van der Waals surface area contributed by atoms with Gasteiger partial charge >= 0.3 is 0 Å². The van der Waals surface area contributed by atoms with Crippen LogP contribution < -0.4 is 14.2 Å². The number of methoxy groups -OCH3 is 2. The number of nitriles is 1. The fraction of sp³-hybridized carbons (Fsp3) is 0.188. The average Bonchev–Trinajstić information content (AvgIpc) is 2.55. The van der Waals surface area contributed by atoms with Crippen molar-refractivity contribution in [1.29, 1.82) is 5.26 Å². The first-order valence-electron chi connectivity index (χ1n) is 6.21. The van der Waals surface area contributed by atoms with Crippen LogP contribution in [0, 0.1) is 11.3 Å². The van der Waals surface area contributed by atoms with Gasteiger partial charge in [-0.2, -0.15) is 5.26 Å². The predicted molar refractivity (Wildman–Crippen MR) is 83.4 cm³/mol. The van der Waals surface area contributed by atoms with Gasteiger partial charge in [0.05, 0.1) is 19.8 Å². The Labute approximate surface area is 132 Å². The van der Waals surface area contributed by atoms with Crippen molar-refractivity contribution in [3.63, 3.8) is 0 Å². The number of alkyl halides is 1. The molecule has 21 heavy (non-hydrogen) atoms. The van der Waals surface area contributed by atoms with E-state index in [-0.39, 0.29) is 0 Å². The molecule has 0 heterocycles. The van der Waals surface area contributed by atoms with Gasteiger partial charge in [-0.25, -0.2) is 0 Å². The summed E-state index contributed by atoms with van der Waals surface area (Å²) in [4.78, 5) is 0. The summed E-state index contributed by atoms with van der Waals surface area (Å²) < 4.78 is 16.4. The molecule has 0 aliphatic carbocycles. The summed E-state index contributed by atoms with van der Waals surface area (Å²) in [6.07, 6.45) is 0. The van der Waals surface area contributed by atoms with Crippen molar-refractivity contribution in [3.8, 4) is 29.1 Å². The van der Waals surface area contributed by atoms with Crippen molar-refractivity contribution in [2.45, 2.75) is 5.33 Å². The second-order valence-electron chi connectivity index (χ2n) is 4.17. The van der Waals surface area contributed by atoms with Crippen LogP contribution in [0.3, 0.4) is 0 Å². The number of benzene rings is 2. The molecule has 0 radical (unpaired) electrons. The second kappa shape index (κ2) is 7.00. The van der Waals surface area contributed by atoms with Crippen LogP contribution in [0.4, 0.5) is 0 Å². The summed E-state index contributed by atoms with van der Waals surface area (Å²) in [5.74, 6) is 2.00. The first-order valence-corrected chi connectivity index (χ1v) is 7.33. The largest absolute Gasteiger partial charge is 0.493 e. The molecule has 0 atom stereocenters. The molecule has 108 valence electrons. The van der Waals surface area contributed by atoms with Crippen molar-refractivity contribution in [3.05, 3.63) is 47.5 Å². The maximum Gasteiger partial charge on any atom is 0.211 e. The molecule has 0 bridgehead atoms. The van der Waals surface area contributed by atoms with Crippen LogP contribution in [-0.4, -0.2) is 14.2 Å². The van der Waals surface area contributed by atoms with E-state index in [2.05, 4.69) is 22.0 Å². The summed E-state index contributed by atoms with van der Waals surface area (Å²) in [6.45, 7) is 0. The van der Waals surface area contributed by atoms with Gasteiger partial charge in [0, 0.05) is 5.33 Å². The zero-order valence-corrected chi connectivity index (χ0v) is 13.3. The highest BCUT2D eigenvalue weighted by molar-refractivity contribution is 9.08. The highest BCUT2D eigenvalue weighted by Gasteiger charge is 2.14. The fourth-order valence-corrected chi connectivity index (χ4v) is 2.21. The molecule has 0 amide bonds. The first-order chi connectivity index (χ1) is 10.2. The lowest BCUT2D eigenvalue weighted by molar-refractivity contribution is 0.346. The summed E-state index contributed by atoms with van der Waals surface area (Å²) in [6, 6.07) is 12.9. The molecular weight excluding hydrogens is 334 g/mol. The van der Waals surface area contributed by atoms with E-state index in [1.807, 2.05) is 12.1 Å². The molecule has 2 aromatic rings. The Hall–Kier alpha value is -2.19. The summed E-state index contributed by atoms with van der Waals surface area (Å²) in [5, 5.41) is 9.94. The van der Waals surface area contributed by atoms with Gasteiger partial charge in [0.25, 0.3) is 0 Å². The third-order valence-electron chi connectivity index (χ3n) is 2.91. The Morgan fingerprint density at radius 1 is 1.05 bits per heavy atom. The third-order valence-corrected chi connectivity index (χ3v) is 3.56. The van der Waals surface area contributed by atoms with Gasteiger partial charge in [-0.15, -0.1) is 0 Å². The van der Waals surface area contributed by atoms with Crippen LogP contribution in [0.15, 0.2) is 36.4 Å². The Bertz CT molecular complexity index is 657. The molecule has 0 aliphatic rings. The second-order valence-corrected chi connectivity index (χ2v) is 4.73. The third kappa shape index (κ3) is 3.29. The van der Waals surface area contributed by atoms with Gasteiger partial charge in [0.1, 0.15) is 11.8 Å². The van der Waals surface area contributed by atoms with Crippen LogP contribution in [0.25, 0.3) is 0 Å². The monoisotopic (exact) mass is 347 g/mol. The Kier molecular flexibility index (Phi) is 5.07. The van der Waals surface area contributed by atoms with E-state index < -0.39 is 0 Å². The first kappa shape index (κ1) is 15.2. The van der Waals surface area contributed by atoms with Crippen LogP contribution in [0.1, 0.15) is 11.1 Å². The number of hydrogen-bond acceptors (Lipinski definition) is 4. The van der Waals surface area contributed by atoms with E-state index in [0.717, 1.165) is 5.56 Å². The van der Waals surface area contributed by atoms with Gasteiger partial charge in [0.15, 0.2) is 11.5 Å². The fourth-order valence-electron chi connectivity index (χ4n) is 1.86. The number of halogens is 1. The molecule has 0 spiro atoms. The molecule has 0 aliphatic heterocycles. The molecule has 4 nitrogen and oxygen atoms in total. The van der Waals surface area contributed by atoms with Crippen LogP contribution in [0.5, 0.6) is 23.0 Å². The van der Waals surface area contributed by atoms with E-state index in [4.69, 9.17) is 14.2 Å². The molecule has 0 N–H and O–H groups in total. The van der Waals surface area contributed by atoms with Gasteiger partial charge in [-0.3, -0.25) is 0 Å². The molecule has 0 saturated carbocycles. The van der Waals surface area contributed by atoms with Crippen LogP contribution >= 0.6 is 15.9 Å². The van der Waals surface area contributed by atoms with Gasteiger partial charge in [-0.05, 0) is 29.8 Å². The van der Waals surface area contributed by atoms with E-state index in [9.17, 15) is 5.26 Å². The minimum Gasteiger partial charge on any atom is -0.493 e. The summed E-state index contributed by atoms with van der Waals surface area (Å²) in [7, 11) is 3.11. The normalized spacial score (nSPS) is 9.81. The lowest BCUT2D eigenvalue weighted by atomic mass is 10.1. The van der Waals surface area contributed by atoms with E-state index >= 15 is 0 Å². The molecule has 0 fully saturated rings. The minimum absolute atomic E-state index is 0.450. The topological polar surface area (TPSA) is 51.5 Å². The molecule has 2 rings (SSSR count). The molecule has 0 unspecified atom stereocenters. The standard InChI is InChI=1S/C16H14BrNO3/c1-19-14-4-3-5-15(20-2)16(14)21-13-7-6-11(9-17)8-12(13)10-18/h3-8H,9H2,1-2H3. The maximum absolute atomic E-state index is 9.26. The maximum atomic E-state index is 9.26. The minimum atomic E-state index is 0.450. The Morgan fingerprint density at radius 2 is 1.71 bits per heavy atom. The number of nitrogens with zero attached hydrogens (tertiary/aromatic N) is 1. The van der Waals surface area contributed by atoms with Crippen molar-refractivity contribution in [1.82, 2.24) is 0 Å². The van der Waals surface area contributed by atoms with Crippen LogP contribution in [0.2, 0.25) is 0 Å². The number of para-hydroxylation sites is 1. The number of rotatable bonds is 5. The number of ether oxygens (including phenoxy) is 3. The predicted octanol–water partition coefficient (Wildman–Crippen LogP) is 4.26. The van der Waals surface area contributed by atoms with Crippen molar-refractivity contribution < 1.29 is 14.2 Å². The zero-order valence-electron chi connectivity index (χ0n) is 11.7.